The Balaban J connectivity index is 2.71. The highest BCUT2D eigenvalue weighted by molar-refractivity contribution is 5.75. The van der Waals surface area contributed by atoms with E-state index in [2.05, 4.69) is 15.6 Å². The number of nitrogens with one attached hydrogen (secondary N) is 2. The molecule has 16 heavy (non-hydrogen) atoms. The van der Waals surface area contributed by atoms with Gasteiger partial charge in [0.25, 0.3) is 0 Å². The molecule has 0 aliphatic heterocycles. The zero-order chi connectivity index (χ0) is 12.0. The van der Waals surface area contributed by atoms with E-state index in [4.69, 9.17) is 10.4 Å². The third-order valence-electron chi connectivity index (χ3n) is 1.85. The number of benzene rings is 1. The van der Waals surface area contributed by atoms with Gasteiger partial charge in [-0.15, -0.1) is 0 Å². The lowest BCUT2D eigenvalue weighted by Gasteiger charge is -2.16. The Morgan fingerprint density at radius 3 is 2.62 bits per heavy atom. The van der Waals surface area contributed by atoms with E-state index in [0.29, 0.717) is 17.4 Å². The van der Waals surface area contributed by atoms with Crippen LogP contribution in [0, 0.1) is 5.53 Å². The molecule has 1 aromatic carbocycles. The molecule has 0 fully saturated rings. The van der Waals surface area contributed by atoms with Crippen LogP contribution >= 0.6 is 0 Å². The molecular weight excluding hydrogens is 206 g/mol. The van der Waals surface area contributed by atoms with Crippen LogP contribution in [0.25, 0.3) is 0 Å². The fraction of sp³-hybridized carbons (Fsp3) is 0.300. The summed E-state index contributed by atoms with van der Waals surface area (Å²) in [4.78, 5) is 10.9. The van der Waals surface area contributed by atoms with Crippen molar-refractivity contribution >= 4 is 17.4 Å². The average Bonchev–Trinajstić information content (AvgIpc) is 2.30. The van der Waals surface area contributed by atoms with Gasteiger partial charge in [0.15, 0.2) is 0 Å². The number of hydrogen-bond acceptors (Lipinski definition) is 5. The van der Waals surface area contributed by atoms with Gasteiger partial charge in [0.2, 0.25) is 0 Å². The highest BCUT2D eigenvalue weighted by atomic mass is 16.7. The summed E-state index contributed by atoms with van der Waals surface area (Å²) < 4.78 is 0. The standard InChI is InChI=1S/C10H15N5O/c1-12-10(15(2)3)16-14-9-7-5-4-6-8(9)13-11/h4-7,11,14H,1-3H3/b12-10+,13-11?. The minimum atomic E-state index is 0.444. The van der Waals surface area contributed by atoms with Gasteiger partial charge in [0.1, 0.15) is 5.69 Å². The summed E-state index contributed by atoms with van der Waals surface area (Å²) in [6, 6.07) is 7.57. The van der Waals surface area contributed by atoms with Crippen LogP contribution in [0.3, 0.4) is 0 Å². The maximum atomic E-state index is 6.99. The second kappa shape index (κ2) is 5.69. The molecular formula is C10H15N5O. The van der Waals surface area contributed by atoms with Gasteiger partial charge < -0.3 is 9.74 Å². The molecule has 0 unspecified atom stereocenters. The first-order valence-corrected chi connectivity index (χ1v) is 4.72. The maximum Gasteiger partial charge on any atom is 0.313 e. The molecule has 0 radical (unpaired) electrons. The molecule has 0 aliphatic rings. The van der Waals surface area contributed by atoms with Crippen molar-refractivity contribution in [1.82, 2.24) is 4.90 Å². The molecule has 0 spiro atoms. The highest BCUT2D eigenvalue weighted by Gasteiger charge is 2.04. The average molecular weight is 221 g/mol. The van der Waals surface area contributed by atoms with Crippen molar-refractivity contribution in [2.45, 2.75) is 0 Å². The molecule has 2 N–H and O–H groups in total. The second-order valence-electron chi connectivity index (χ2n) is 3.23. The fourth-order valence-corrected chi connectivity index (χ4v) is 1.09. The van der Waals surface area contributed by atoms with Gasteiger partial charge in [-0.05, 0) is 12.1 Å². The van der Waals surface area contributed by atoms with E-state index in [1.807, 2.05) is 20.2 Å². The lowest BCUT2D eigenvalue weighted by molar-refractivity contribution is 0.324. The van der Waals surface area contributed by atoms with Crippen molar-refractivity contribution in [2.75, 3.05) is 26.6 Å². The summed E-state index contributed by atoms with van der Waals surface area (Å²) in [5.74, 6) is 0. The van der Waals surface area contributed by atoms with Crippen LogP contribution in [0.4, 0.5) is 11.4 Å². The van der Waals surface area contributed by atoms with Crippen molar-refractivity contribution in [2.24, 2.45) is 10.1 Å². The molecule has 0 atom stereocenters. The second-order valence-corrected chi connectivity index (χ2v) is 3.23. The van der Waals surface area contributed by atoms with Crippen LogP contribution in [0.1, 0.15) is 0 Å². The summed E-state index contributed by atoms with van der Waals surface area (Å²) in [7, 11) is 5.29. The first kappa shape index (κ1) is 12.0. The van der Waals surface area contributed by atoms with E-state index < -0.39 is 0 Å². The maximum absolute atomic E-state index is 6.99. The number of para-hydroxylation sites is 2. The van der Waals surface area contributed by atoms with Crippen LogP contribution in [0.5, 0.6) is 0 Å². The Morgan fingerprint density at radius 1 is 1.38 bits per heavy atom. The van der Waals surface area contributed by atoms with Crippen LogP contribution in [-0.4, -0.2) is 32.1 Å². The minimum Gasteiger partial charge on any atom is -0.343 e. The third-order valence-corrected chi connectivity index (χ3v) is 1.85. The van der Waals surface area contributed by atoms with Crippen molar-refractivity contribution < 1.29 is 4.84 Å². The highest BCUT2D eigenvalue weighted by Crippen LogP contribution is 2.23. The van der Waals surface area contributed by atoms with Gasteiger partial charge in [-0.1, -0.05) is 12.1 Å². The van der Waals surface area contributed by atoms with Crippen molar-refractivity contribution in [3.63, 3.8) is 0 Å². The third kappa shape index (κ3) is 2.94. The molecule has 0 saturated heterocycles. The molecule has 0 saturated carbocycles. The Kier molecular flexibility index (Phi) is 4.26. The number of rotatable bonds is 3. The quantitative estimate of drug-likeness (QED) is 0.356. The first-order valence-electron chi connectivity index (χ1n) is 4.72. The van der Waals surface area contributed by atoms with E-state index in [1.165, 1.54) is 0 Å². The lowest BCUT2D eigenvalue weighted by atomic mass is 10.3. The Labute approximate surface area is 94.4 Å². The zero-order valence-electron chi connectivity index (χ0n) is 9.56. The van der Waals surface area contributed by atoms with Crippen LogP contribution in [0.15, 0.2) is 34.4 Å². The molecule has 0 bridgehead atoms. The molecule has 1 aromatic rings. The zero-order valence-corrected chi connectivity index (χ0v) is 9.56. The predicted octanol–water partition coefficient (Wildman–Crippen LogP) is 2.24. The Morgan fingerprint density at radius 2 is 2.06 bits per heavy atom. The fourth-order valence-electron chi connectivity index (χ4n) is 1.09. The van der Waals surface area contributed by atoms with Crippen molar-refractivity contribution in [3.05, 3.63) is 24.3 Å². The van der Waals surface area contributed by atoms with Crippen molar-refractivity contribution in [1.29, 1.82) is 5.53 Å². The number of aliphatic imine (C=N–C) groups is 1. The summed E-state index contributed by atoms with van der Waals surface area (Å²) in [6.45, 7) is 0. The summed E-state index contributed by atoms with van der Waals surface area (Å²) >= 11 is 0. The Hall–Kier alpha value is -2.11. The molecule has 0 amide bonds. The van der Waals surface area contributed by atoms with Gasteiger partial charge in [-0.25, -0.2) is 16.0 Å². The summed E-state index contributed by atoms with van der Waals surface area (Å²) in [6.07, 6.45) is 0. The van der Waals surface area contributed by atoms with E-state index in [1.54, 1.807) is 30.1 Å². The number of hydrogen-bond donors (Lipinski definition) is 2. The van der Waals surface area contributed by atoms with Gasteiger partial charge in [-0.3, -0.25) is 0 Å². The molecule has 1 rings (SSSR count). The van der Waals surface area contributed by atoms with Crippen LogP contribution in [-0.2, 0) is 4.84 Å². The number of amidine groups is 1. The van der Waals surface area contributed by atoms with E-state index >= 15 is 0 Å². The molecule has 6 heteroatoms. The lowest BCUT2D eigenvalue weighted by Crippen LogP contribution is -2.27. The molecule has 6 nitrogen and oxygen atoms in total. The van der Waals surface area contributed by atoms with Crippen molar-refractivity contribution in [3.8, 4) is 0 Å². The monoisotopic (exact) mass is 221 g/mol. The normalized spacial score (nSPS) is 10.8. The van der Waals surface area contributed by atoms with Gasteiger partial charge in [0.05, 0.1) is 5.69 Å². The molecule has 0 aromatic heterocycles. The summed E-state index contributed by atoms with van der Waals surface area (Å²) in [5.41, 5.74) is 10.8. The molecule has 86 valence electrons. The molecule has 0 aliphatic carbocycles. The molecule has 0 heterocycles. The van der Waals surface area contributed by atoms with Gasteiger partial charge in [0, 0.05) is 21.1 Å². The van der Waals surface area contributed by atoms with E-state index in [0.717, 1.165) is 0 Å². The minimum absolute atomic E-state index is 0.444. The van der Waals surface area contributed by atoms with Gasteiger partial charge in [-0.2, -0.15) is 5.11 Å². The number of nitrogens with zero attached hydrogens (tertiary/aromatic N) is 3. The van der Waals surface area contributed by atoms with Gasteiger partial charge >= 0.3 is 6.02 Å². The SMILES string of the molecule is C/N=C(/ONc1ccccc1N=N)N(C)C. The van der Waals surface area contributed by atoms with E-state index in [-0.39, 0.29) is 0 Å². The largest absolute Gasteiger partial charge is 0.343 e. The summed E-state index contributed by atoms with van der Waals surface area (Å²) in [5, 5.41) is 3.37. The van der Waals surface area contributed by atoms with Crippen LogP contribution in [0.2, 0.25) is 0 Å². The van der Waals surface area contributed by atoms with E-state index in [9.17, 15) is 0 Å². The first-order chi connectivity index (χ1) is 7.69. The Bertz CT molecular complexity index is 389. The topological polar surface area (TPSA) is 73.1 Å². The smallest absolute Gasteiger partial charge is 0.313 e. The van der Waals surface area contributed by atoms with Crippen LogP contribution < -0.4 is 5.48 Å². The predicted molar refractivity (Wildman–Crippen MR) is 63.0 cm³/mol. The number of anilines is 1.